The second-order valence-corrected chi connectivity index (χ2v) is 7.41. The quantitative estimate of drug-likeness (QED) is 0.867. The number of rotatable bonds is 5. The highest BCUT2D eigenvalue weighted by molar-refractivity contribution is 8.00. The summed E-state index contributed by atoms with van der Waals surface area (Å²) >= 11 is 1.95. The van der Waals surface area contributed by atoms with E-state index in [1.807, 2.05) is 11.8 Å². The van der Waals surface area contributed by atoms with Gasteiger partial charge in [0.1, 0.15) is 0 Å². The molecule has 2 rings (SSSR count). The summed E-state index contributed by atoms with van der Waals surface area (Å²) in [6.45, 7) is 6.67. The molecule has 1 aromatic carbocycles. The summed E-state index contributed by atoms with van der Waals surface area (Å²) < 4.78 is 0. The number of aryl methyl sites for hydroxylation is 1. The van der Waals surface area contributed by atoms with Crippen LogP contribution in [0, 0.1) is 6.92 Å². The number of aliphatic hydroxyl groups excluding tert-OH is 1. The van der Waals surface area contributed by atoms with Crippen LogP contribution in [0.15, 0.2) is 29.2 Å². The predicted molar refractivity (Wildman–Crippen MR) is 82.8 cm³/mol. The maximum atomic E-state index is 9.71. The Morgan fingerprint density at radius 1 is 1.37 bits per heavy atom. The Hall–Kier alpha value is -0.510. The lowest BCUT2D eigenvalue weighted by molar-refractivity contribution is 0.156. The highest BCUT2D eigenvalue weighted by Gasteiger charge is 2.39. The van der Waals surface area contributed by atoms with Crippen molar-refractivity contribution >= 4 is 11.8 Å². The van der Waals surface area contributed by atoms with Gasteiger partial charge in [-0.15, -0.1) is 11.8 Å². The molecular weight excluding hydrogens is 254 g/mol. The highest BCUT2D eigenvalue weighted by Crippen LogP contribution is 2.40. The van der Waals surface area contributed by atoms with Crippen LogP contribution in [-0.2, 0) is 0 Å². The third kappa shape index (κ3) is 3.98. The van der Waals surface area contributed by atoms with Gasteiger partial charge in [-0.2, -0.15) is 0 Å². The standard InChI is InChI=1S/C16H25NOS/c1-12(2)17-16(11-18)9-8-15(10-16)19-14-6-4-13(3)5-7-14/h4-7,12,15,17-18H,8-11H2,1-3H3. The molecule has 2 unspecified atom stereocenters. The number of hydrogen-bond acceptors (Lipinski definition) is 3. The van der Waals surface area contributed by atoms with Gasteiger partial charge in [0.25, 0.3) is 0 Å². The molecule has 2 nitrogen and oxygen atoms in total. The van der Waals surface area contributed by atoms with Crippen molar-refractivity contribution in [1.82, 2.24) is 5.32 Å². The summed E-state index contributed by atoms with van der Waals surface area (Å²) in [5, 5.41) is 13.9. The normalized spacial score (nSPS) is 27.1. The van der Waals surface area contributed by atoms with E-state index in [1.54, 1.807) is 0 Å². The van der Waals surface area contributed by atoms with Crippen LogP contribution >= 0.6 is 11.8 Å². The molecule has 1 saturated carbocycles. The molecule has 1 aliphatic rings. The van der Waals surface area contributed by atoms with Crippen molar-refractivity contribution in [1.29, 1.82) is 0 Å². The van der Waals surface area contributed by atoms with E-state index in [-0.39, 0.29) is 12.1 Å². The first-order valence-electron chi connectivity index (χ1n) is 7.15. The van der Waals surface area contributed by atoms with E-state index in [0.29, 0.717) is 11.3 Å². The molecule has 1 fully saturated rings. The third-order valence-corrected chi connectivity index (χ3v) is 5.06. The first-order chi connectivity index (χ1) is 9.03. The summed E-state index contributed by atoms with van der Waals surface area (Å²) in [4.78, 5) is 1.34. The Balaban J connectivity index is 1.95. The molecule has 0 saturated heterocycles. The molecule has 0 spiro atoms. The molecule has 0 radical (unpaired) electrons. The van der Waals surface area contributed by atoms with E-state index >= 15 is 0 Å². The largest absolute Gasteiger partial charge is 0.394 e. The molecule has 0 amide bonds. The van der Waals surface area contributed by atoms with Crippen LogP contribution in [0.4, 0.5) is 0 Å². The van der Waals surface area contributed by atoms with Crippen LogP contribution in [0.25, 0.3) is 0 Å². The molecule has 1 aromatic rings. The Labute approximate surface area is 121 Å². The molecule has 2 atom stereocenters. The van der Waals surface area contributed by atoms with Gasteiger partial charge in [-0.1, -0.05) is 31.5 Å². The van der Waals surface area contributed by atoms with Crippen molar-refractivity contribution in [3.63, 3.8) is 0 Å². The number of aliphatic hydroxyl groups is 1. The van der Waals surface area contributed by atoms with Crippen LogP contribution in [0.3, 0.4) is 0 Å². The van der Waals surface area contributed by atoms with Crippen molar-refractivity contribution in [2.24, 2.45) is 0 Å². The van der Waals surface area contributed by atoms with Gasteiger partial charge in [0.05, 0.1) is 6.61 Å². The van der Waals surface area contributed by atoms with Crippen LogP contribution in [-0.4, -0.2) is 28.5 Å². The van der Waals surface area contributed by atoms with Gasteiger partial charge in [-0.05, 0) is 38.3 Å². The van der Waals surface area contributed by atoms with Crippen molar-refractivity contribution in [2.75, 3.05) is 6.61 Å². The van der Waals surface area contributed by atoms with Gasteiger partial charge in [0.15, 0.2) is 0 Å². The minimum absolute atomic E-state index is 0.0590. The summed E-state index contributed by atoms with van der Waals surface area (Å²) in [6.07, 6.45) is 3.31. The molecule has 106 valence electrons. The fourth-order valence-corrected chi connectivity index (χ4v) is 4.24. The molecule has 0 bridgehead atoms. The van der Waals surface area contributed by atoms with Crippen LogP contribution in [0.5, 0.6) is 0 Å². The molecule has 3 heteroatoms. The summed E-state index contributed by atoms with van der Waals surface area (Å²) in [6, 6.07) is 9.17. The average molecular weight is 279 g/mol. The maximum absolute atomic E-state index is 9.71. The first-order valence-corrected chi connectivity index (χ1v) is 8.03. The van der Waals surface area contributed by atoms with Gasteiger partial charge < -0.3 is 10.4 Å². The van der Waals surface area contributed by atoms with Gasteiger partial charge in [-0.3, -0.25) is 0 Å². The number of benzene rings is 1. The lowest BCUT2D eigenvalue weighted by atomic mass is 9.98. The monoisotopic (exact) mass is 279 g/mol. The predicted octanol–water partition coefficient (Wildman–Crippen LogP) is 3.37. The maximum Gasteiger partial charge on any atom is 0.0613 e. The molecule has 19 heavy (non-hydrogen) atoms. The van der Waals surface area contributed by atoms with Crippen molar-refractivity contribution in [2.45, 2.75) is 61.8 Å². The van der Waals surface area contributed by atoms with Crippen LogP contribution in [0.1, 0.15) is 38.7 Å². The Bertz CT molecular complexity index is 404. The van der Waals surface area contributed by atoms with Crippen LogP contribution in [0.2, 0.25) is 0 Å². The van der Waals surface area contributed by atoms with Gasteiger partial charge in [-0.25, -0.2) is 0 Å². The smallest absolute Gasteiger partial charge is 0.0613 e. The highest BCUT2D eigenvalue weighted by atomic mass is 32.2. The summed E-state index contributed by atoms with van der Waals surface area (Å²) in [7, 11) is 0. The second-order valence-electron chi connectivity index (χ2n) is 6.03. The van der Waals surface area contributed by atoms with Gasteiger partial charge in [0, 0.05) is 21.7 Å². The van der Waals surface area contributed by atoms with E-state index in [1.165, 1.54) is 16.9 Å². The van der Waals surface area contributed by atoms with Crippen molar-refractivity contribution in [3.05, 3.63) is 29.8 Å². The Kier molecular flexibility index (Phi) is 4.93. The number of nitrogens with one attached hydrogen (secondary N) is 1. The zero-order chi connectivity index (χ0) is 13.9. The van der Waals surface area contributed by atoms with E-state index in [2.05, 4.69) is 50.4 Å². The molecule has 0 aromatic heterocycles. The topological polar surface area (TPSA) is 32.3 Å². The minimum atomic E-state index is -0.0590. The van der Waals surface area contributed by atoms with Gasteiger partial charge >= 0.3 is 0 Å². The zero-order valence-electron chi connectivity index (χ0n) is 12.1. The van der Waals surface area contributed by atoms with Crippen molar-refractivity contribution in [3.8, 4) is 0 Å². The minimum Gasteiger partial charge on any atom is -0.394 e. The van der Waals surface area contributed by atoms with E-state index < -0.39 is 0 Å². The van der Waals surface area contributed by atoms with E-state index in [4.69, 9.17) is 0 Å². The lowest BCUT2D eigenvalue weighted by Gasteiger charge is -2.31. The zero-order valence-corrected chi connectivity index (χ0v) is 13.0. The Morgan fingerprint density at radius 2 is 2.05 bits per heavy atom. The first kappa shape index (κ1) is 14.9. The molecule has 2 N–H and O–H groups in total. The van der Waals surface area contributed by atoms with E-state index in [9.17, 15) is 5.11 Å². The van der Waals surface area contributed by atoms with Gasteiger partial charge in [0.2, 0.25) is 0 Å². The SMILES string of the molecule is Cc1ccc(SC2CCC(CO)(NC(C)C)C2)cc1. The molecule has 0 heterocycles. The molecule has 1 aliphatic carbocycles. The van der Waals surface area contributed by atoms with Crippen LogP contribution < -0.4 is 5.32 Å². The lowest BCUT2D eigenvalue weighted by Crippen LogP contribution is -2.49. The fraction of sp³-hybridized carbons (Fsp3) is 0.625. The third-order valence-electron chi connectivity index (χ3n) is 3.78. The molecular formula is C16H25NOS. The van der Waals surface area contributed by atoms with Crippen molar-refractivity contribution < 1.29 is 5.11 Å². The number of thioether (sulfide) groups is 1. The number of hydrogen-bond donors (Lipinski definition) is 2. The summed E-state index contributed by atoms with van der Waals surface area (Å²) in [5.74, 6) is 0. The fourth-order valence-electron chi connectivity index (χ4n) is 2.92. The second kappa shape index (κ2) is 6.29. The Morgan fingerprint density at radius 3 is 2.63 bits per heavy atom. The average Bonchev–Trinajstić information content (AvgIpc) is 2.75. The summed E-state index contributed by atoms with van der Waals surface area (Å²) in [5.41, 5.74) is 1.25. The molecule has 0 aliphatic heterocycles. The van der Waals surface area contributed by atoms with E-state index in [0.717, 1.165) is 12.8 Å².